The van der Waals surface area contributed by atoms with Gasteiger partial charge in [-0.05, 0) is 44.7 Å². The number of thioether (sulfide) groups is 1. The van der Waals surface area contributed by atoms with Gasteiger partial charge < -0.3 is 19.4 Å². The van der Waals surface area contributed by atoms with Crippen LogP contribution in [-0.2, 0) is 11.3 Å². The maximum atomic E-state index is 12.5. The van der Waals surface area contributed by atoms with Crippen molar-refractivity contribution in [2.24, 2.45) is 5.92 Å². The van der Waals surface area contributed by atoms with Crippen molar-refractivity contribution in [2.45, 2.75) is 70.9 Å². The topological polar surface area (TPSA) is 65.4 Å². The van der Waals surface area contributed by atoms with E-state index >= 15 is 0 Å². The highest BCUT2D eigenvalue weighted by atomic mass is 32.2. The highest BCUT2D eigenvalue weighted by molar-refractivity contribution is 7.99. The van der Waals surface area contributed by atoms with Crippen LogP contribution in [0.25, 0.3) is 0 Å². The predicted molar refractivity (Wildman–Crippen MR) is 115 cm³/mol. The standard InChI is InChI=1S/C22H29N3O3S/c1-14(2)12-25-16(4)15(3)23-21(25)29-13-20(26)24-17-7-8-18-19(11-17)28-22(27-18)9-5-6-10-22/h7-8,11,14H,5-6,9-10,12-13H2,1-4H3,(H,24,26). The number of fused-ring (bicyclic) bond motifs is 1. The molecule has 6 nitrogen and oxygen atoms in total. The minimum atomic E-state index is -0.482. The van der Waals surface area contributed by atoms with Crippen LogP contribution in [0.4, 0.5) is 5.69 Å². The Kier molecular flexibility index (Phi) is 5.51. The van der Waals surface area contributed by atoms with Crippen LogP contribution in [0.1, 0.15) is 50.9 Å². The summed E-state index contributed by atoms with van der Waals surface area (Å²) in [6, 6.07) is 5.61. The fourth-order valence-electron chi connectivity index (χ4n) is 3.93. The molecule has 0 atom stereocenters. The molecule has 1 aliphatic carbocycles. The summed E-state index contributed by atoms with van der Waals surface area (Å²) in [4.78, 5) is 17.2. The quantitative estimate of drug-likeness (QED) is 0.678. The van der Waals surface area contributed by atoms with Crippen molar-refractivity contribution in [3.63, 3.8) is 0 Å². The molecular weight excluding hydrogens is 386 g/mol. The molecule has 1 saturated carbocycles. The Bertz CT molecular complexity index is 916. The van der Waals surface area contributed by atoms with Crippen molar-refractivity contribution in [1.82, 2.24) is 9.55 Å². The van der Waals surface area contributed by atoms with Crippen LogP contribution in [0.5, 0.6) is 11.5 Å². The molecule has 2 aliphatic rings. The third-order valence-corrected chi connectivity index (χ3v) is 6.46. The molecule has 1 amide bonds. The van der Waals surface area contributed by atoms with Gasteiger partial charge in [-0.15, -0.1) is 0 Å². The summed E-state index contributed by atoms with van der Waals surface area (Å²) >= 11 is 1.48. The lowest BCUT2D eigenvalue weighted by molar-refractivity contribution is -0.113. The number of nitrogens with zero attached hydrogens (tertiary/aromatic N) is 2. The molecule has 29 heavy (non-hydrogen) atoms. The van der Waals surface area contributed by atoms with E-state index in [1.165, 1.54) is 17.5 Å². The molecule has 0 bridgehead atoms. The molecule has 7 heteroatoms. The number of amides is 1. The van der Waals surface area contributed by atoms with Gasteiger partial charge >= 0.3 is 0 Å². The van der Waals surface area contributed by atoms with Gasteiger partial charge in [0.2, 0.25) is 5.91 Å². The molecule has 0 unspecified atom stereocenters. The Morgan fingerprint density at radius 2 is 1.97 bits per heavy atom. The molecule has 1 aromatic heterocycles. The van der Waals surface area contributed by atoms with E-state index in [1.54, 1.807) is 0 Å². The molecular formula is C22H29N3O3S. The molecule has 1 spiro atoms. The van der Waals surface area contributed by atoms with Gasteiger partial charge in [0, 0.05) is 36.8 Å². The number of aryl methyl sites for hydroxylation is 1. The van der Waals surface area contributed by atoms with E-state index in [0.29, 0.717) is 11.7 Å². The number of anilines is 1. The fourth-order valence-corrected chi connectivity index (χ4v) is 4.83. The molecule has 1 fully saturated rings. The fraction of sp³-hybridized carbons (Fsp3) is 0.545. The minimum absolute atomic E-state index is 0.0566. The van der Waals surface area contributed by atoms with E-state index in [1.807, 2.05) is 25.1 Å². The molecule has 1 aliphatic heterocycles. The monoisotopic (exact) mass is 415 g/mol. The number of carbonyl (C=O) groups is 1. The van der Waals surface area contributed by atoms with Gasteiger partial charge in [0.1, 0.15) is 0 Å². The first-order valence-corrected chi connectivity index (χ1v) is 11.3. The minimum Gasteiger partial charge on any atom is -0.448 e. The molecule has 156 valence electrons. The van der Waals surface area contributed by atoms with Crippen LogP contribution < -0.4 is 14.8 Å². The Labute approximate surface area is 176 Å². The van der Waals surface area contributed by atoms with Crippen LogP contribution in [0.2, 0.25) is 0 Å². The van der Waals surface area contributed by atoms with Gasteiger partial charge in [-0.3, -0.25) is 4.79 Å². The zero-order valence-electron chi connectivity index (χ0n) is 17.6. The third kappa shape index (κ3) is 4.25. The summed E-state index contributed by atoms with van der Waals surface area (Å²) in [5.74, 6) is 1.78. The Hall–Kier alpha value is -2.15. The summed E-state index contributed by atoms with van der Waals surface area (Å²) in [6.45, 7) is 9.37. The van der Waals surface area contributed by atoms with E-state index < -0.39 is 5.79 Å². The van der Waals surface area contributed by atoms with Crippen molar-refractivity contribution >= 4 is 23.4 Å². The van der Waals surface area contributed by atoms with Gasteiger partial charge in [0.15, 0.2) is 16.7 Å². The Balaban J connectivity index is 1.37. The predicted octanol–water partition coefficient (Wildman–Crippen LogP) is 4.93. The lowest BCUT2D eigenvalue weighted by Gasteiger charge is -2.21. The van der Waals surface area contributed by atoms with Crippen molar-refractivity contribution in [3.05, 3.63) is 29.6 Å². The number of ether oxygens (including phenoxy) is 2. The van der Waals surface area contributed by atoms with E-state index in [0.717, 1.165) is 60.3 Å². The van der Waals surface area contributed by atoms with Crippen molar-refractivity contribution in [3.8, 4) is 11.5 Å². The normalized spacial score (nSPS) is 16.7. The number of carbonyl (C=O) groups excluding carboxylic acids is 1. The number of nitrogens with one attached hydrogen (secondary N) is 1. The Morgan fingerprint density at radius 3 is 2.69 bits per heavy atom. The molecule has 0 saturated heterocycles. The van der Waals surface area contributed by atoms with E-state index in [2.05, 4.69) is 35.6 Å². The highest BCUT2D eigenvalue weighted by Crippen LogP contribution is 2.47. The molecule has 0 radical (unpaired) electrons. The zero-order chi connectivity index (χ0) is 20.6. The maximum Gasteiger partial charge on any atom is 0.251 e. The number of hydrogen-bond donors (Lipinski definition) is 1. The van der Waals surface area contributed by atoms with Crippen LogP contribution in [0.3, 0.4) is 0 Å². The first-order valence-electron chi connectivity index (χ1n) is 10.3. The highest BCUT2D eigenvalue weighted by Gasteiger charge is 2.44. The second kappa shape index (κ2) is 7.94. The van der Waals surface area contributed by atoms with Gasteiger partial charge in [0.05, 0.1) is 11.4 Å². The zero-order valence-corrected chi connectivity index (χ0v) is 18.4. The van der Waals surface area contributed by atoms with Gasteiger partial charge in [-0.2, -0.15) is 0 Å². The lowest BCUT2D eigenvalue weighted by atomic mass is 10.2. The summed E-state index contributed by atoms with van der Waals surface area (Å²) < 4.78 is 14.3. The van der Waals surface area contributed by atoms with Crippen molar-refractivity contribution in [1.29, 1.82) is 0 Å². The average molecular weight is 416 g/mol. The number of hydrogen-bond acceptors (Lipinski definition) is 5. The number of benzene rings is 1. The van der Waals surface area contributed by atoms with Gasteiger partial charge in [-0.1, -0.05) is 25.6 Å². The van der Waals surface area contributed by atoms with E-state index in [4.69, 9.17) is 9.47 Å². The third-order valence-electron chi connectivity index (χ3n) is 5.49. The summed E-state index contributed by atoms with van der Waals surface area (Å²) in [6.07, 6.45) is 4.09. The average Bonchev–Trinajstić information content (AvgIpc) is 3.34. The van der Waals surface area contributed by atoms with E-state index in [-0.39, 0.29) is 5.91 Å². The maximum absolute atomic E-state index is 12.5. The summed E-state index contributed by atoms with van der Waals surface area (Å²) in [5.41, 5.74) is 2.91. The largest absolute Gasteiger partial charge is 0.448 e. The second-order valence-electron chi connectivity index (χ2n) is 8.39. The van der Waals surface area contributed by atoms with Crippen molar-refractivity contribution < 1.29 is 14.3 Å². The van der Waals surface area contributed by atoms with Crippen LogP contribution in [-0.4, -0.2) is 27.0 Å². The summed E-state index contributed by atoms with van der Waals surface area (Å²) in [5, 5.41) is 3.87. The molecule has 2 heterocycles. The number of imidazole rings is 1. The van der Waals surface area contributed by atoms with E-state index in [9.17, 15) is 4.79 Å². The van der Waals surface area contributed by atoms with Crippen molar-refractivity contribution in [2.75, 3.05) is 11.1 Å². The molecule has 4 rings (SSSR count). The van der Waals surface area contributed by atoms with Crippen LogP contribution >= 0.6 is 11.8 Å². The molecule has 1 aromatic carbocycles. The van der Waals surface area contributed by atoms with Gasteiger partial charge in [-0.25, -0.2) is 4.98 Å². The Morgan fingerprint density at radius 1 is 1.24 bits per heavy atom. The first kappa shape index (κ1) is 20.1. The SMILES string of the molecule is Cc1nc(SCC(=O)Nc2ccc3c(c2)OC2(CCCC2)O3)n(CC(C)C)c1C. The smallest absolute Gasteiger partial charge is 0.251 e. The van der Waals surface area contributed by atoms with Gasteiger partial charge in [0.25, 0.3) is 5.79 Å². The first-order chi connectivity index (χ1) is 13.8. The lowest BCUT2D eigenvalue weighted by Crippen LogP contribution is -2.34. The number of aromatic nitrogens is 2. The van der Waals surface area contributed by atoms with Crippen LogP contribution in [0.15, 0.2) is 23.4 Å². The second-order valence-corrected chi connectivity index (χ2v) is 9.33. The summed E-state index contributed by atoms with van der Waals surface area (Å²) in [7, 11) is 0. The number of rotatable bonds is 6. The van der Waals surface area contributed by atoms with Crippen LogP contribution in [0, 0.1) is 19.8 Å². The molecule has 1 N–H and O–H groups in total. The molecule has 2 aromatic rings.